The van der Waals surface area contributed by atoms with Crippen molar-refractivity contribution in [3.05, 3.63) is 84.1 Å². The Balaban J connectivity index is 1.34. The van der Waals surface area contributed by atoms with Crippen LogP contribution in [0.3, 0.4) is 0 Å². The summed E-state index contributed by atoms with van der Waals surface area (Å²) in [5, 5.41) is 2.81. The molecule has 1 aromatic heterocycles. The van der Waals surface area contributed by atoms with E-state index in [9.17, 15) is 18.4 Å². The molecule has 1 fully saturated rings. The Bertz CT molecular complexity index is 1100. The molecule has 0 radical (unpaired) electrons. The second-order valence-corrected chi connectivity index (χ2v) is 7.53. The number of rotatable bonds is 5. The topological polar surface area (TPSA) is 71.5 Å². The molecule has 1 aliphatic rings. The average Bonchev–Trinajstić information content (AvgIpc) is 2.80. The minimum Gasteiger partial charge on any atom is -0.439 e. The summed E-state index contributed by atoms with van der Waals surface area (Å²) >= 11 is 0. The predicted molar refractivity (Wildman–Crippen MR) is 114 cm³/mol. The van der Waals surface area contributed by atoms with Crippen molar-refractivity contribution in [1.82, 2.24) is 9.88 Å². The van der Waals surface area contributed by atoms with Crippen LogP contribution in [0.1, 0.15) is 23.2 Å². The number of amides is 2. The summed E-state index contributed by atoms with van der Waals surface area (Å²) in [4.78, 5) is 31.2. The van der Waals surface area contributed by atoms with E-state index in [4.69, 9.17) is 4.74 Å². The maximum Gasteiger partial charge on any atom is 0.253 e. The van der Waals surface area contributed by atoms with Crippen molar-refractivity contribution in [1.29, 1.82) is 0 Å². The van der Waals surface area contributed by atoms with Crippen LogP contribution in [0.2, 0.25) is 0 Å². The normalized spacial score (nSPS) is 15.8. The van der Waals surface area contributed by atoms with Crippen LogP contribution in [0, 0.1) is 17.6 Å². The van der Waals surface area contributed by atoms with Crippen LogP contribution in [0.4, 0.5) is 14.5 Å². The van der Waals surface area contributed by atoms with E-state index >= 15 is 0 Å². The third-order valence-corrected chi connectivity index (χ3v) is 5.19. The zero-order valence-corrected chi connectivity index (χ0v) is 17.1. The third kappa shape index (κ3) is 5.26. The van der Waals surface area contributed by atoms with E-state index in [2.05, 4.69) is 10.3 Å². The molecular formula is C24H21F2N3O3. The monoisotopic (exact) mass is 437 g/mol. The smallest absolute Gasteiger partial charge is 0.253 e. The van der Waals surface area contributed by atoms with Gasteiger partial charge in [0.05, 0.1) is 17.8 Å². The van der Waals surface area contributed by atoms with Gasteiger partial charge < -0.3 is 15.0 Å². The minimum absolute atomic E-state index is 0.206. The van der Waals surface area contributed by atoms with Gasteiger partial charge in [0.25, 0.3) is 5.91 Å². The van der Waals surface area contributed by atoms with Gasteiger partial charge in [-0.05, 0) is 55.3 Å². The van der Waals surface area contributed by atoms with Gasteiger partial charge in [-0.15, -0.1) is 0 Å². The molecule has 164 valence electrons. The van der Waals surface area contributed by atoms with Crippen molar-refractivity contribution in [3.63, 3.8) is 0 Å². The first-order valence-corrected chi connectivity index (χ1v) is 10.2. The number of carbonyl (C=O) groups excluding carboxylic acids is 2. The molecule has 0 saturated carbocycles. The second-order valence-electron chi connectivity index (χ2n) is 7.53. The summed E-state index contributed by atoms with van der Waals surface area (Å²) in [5.41, 5.74) is 0.883. The highest BCUT2D eigenvalue weighted by molar-refractivity contribution is 5.96. The molecule has 1 unspecified atom stereocenters. The Labute approximate surface area is 183 Å². The van der Waals surface area contributed by atoms with Gasteiger partial charge >= 0.3 is 0 Å². The SMILES string of the molecule is O=C(Nc1ccc(Oc2cccc(F)c2)nc1)C1CCCN(C(=O)c2ccc(F)cc2)C1. The molecule has 2 aromatic carbocycles. The van der Waals surface area contributed by atoms with Crippen molar-refractivity contribution < 1.29 is 23.1 Å². The molecule has 32 heavy (non-hydrogen) atoms. The molecule has 4 rings (SSSR count). The number of nitrogens with zero attached hydrogens (tertiary/aromatic N) is 2. The first-order valence-electron chi connectivity index (χ1n) is 10.2. The second kappa shape index (κ2) is 9.55. The van der Waals surface area contributed by atoms with Gasteiger partial charge in [0.1, 0.15) is 17.4 Å². The number of hydrogen-bond donors (Lipinski definition) is 1. The first kappa shape index (κ1) is 21.4. The lowest BCUT2D eigenvalue weighted by Crippen LogP contribution is -2.43. The van der Waals surface area contributed by atoms with Crippen LogP contribution in [0.15, 0.2) is 66.9 Å². The zero-order chi connectivity index (χ0) is 22.5. The van der Waals surface area contributed by atoms with Crippen LogP contribution in [-0.4, -0.2) is 34.8 Å². The molecule has 0 bridgehead atoms. The standard InChI is InChI=1S/C24H21F2N3O3/c25-18-8-6-16(7-9-18)24(31)29-12-2-3-17(15-29)23(30)28-20-10-11-22(27-14-20)32-21-5-1-4-19(26)13-21/h1,4-11,13-14,17H,2-3,12,15H2,(H,28,30). The number of aromatic nitrogens is 1. The molecular weight excluding hydrogens is 416 g/mol. The number of likely N-dealkylation sites (tertiary alicyclic amines) is 1. The number of carbonyl (C=O) groups is 2. The van der Waals surface area contributed by atoms with Gasteiger partial charge in [0.15, 0.2) is 0 Å². The third-order valence-electron chi connectivity index (χ3n) is 5.19. The van der Waals surface area contributed by atoms with E-state index in [-0.39, 0.29) is 30.2 Å². The van der Waals surface area contributed by atoms with Gasteiger partial charge in [0, 0.05) is 30.8 Å². The van der Waals surface area contributed by atoms with Crippen molar-refractivity contribution in [2.24, 2.45) is 5.92 Å². The highest BCUT2D eigenvalue weighted by atomic mass is 19.1. The fourth-order valence-corrected chi connectivity index (χ4v) is 3.56. The van der Waals surface area contributed by atoms with E-state index in [1.807, 2.05) is 0 Å². The van der Waals surface area contributed by atoms with Gasteiger partial charge in [-0.3, -0.25) is 9.59 Å². The van der Waals surface area contributed by atoms with Crippen LogP contribution in [0.25, 0.3) is 0 Å². The molecule has 1 aliphatic heterocycles. The molecule has 1 saturated heterocycles. The fourth-order valence-electron chi connectivity index (χ4n) is 3.56. The molecule has 1 atom stereocenters. The molecule has 3 aromatic rings. The Morgan fingerprint density at radius 2 is 1.84 bits per heavy atom. The number of nitrogens with one attached hydrogen (secondary N) is 1. The lowest BCUT2D eigenvalue weighted by atomic mass is 9.96. The zero-order valence-electron chi connectivity index (χ0n) is 17.1. The molecule has 2 amide bonds. The fraction of sp³-hybridized carbons (Fsp3) is 0.208. The van der Waals surface area contributed by atoms with Gasteiger partial charge in [0.2, 0.25) is 11.8 Å². The van der Waals surface area contributed by atoms with Crippen molar-refractivity contribution in [2.75, 3.05) is 18.4 Å². The lowest BCUT2D eigenvalue weighted by Gasteiger charge is -2.32. The molecule has 1 N–H and O–H groups in total. The number of piperidine rings is 1. The summed E-state index contributed by atoms with van der Waals surface area (Å²) in [6.07, 6.45) is 2.81. The average molecular weight is 437 g/mol. The van der Waals surface area contributed by atoms with Gasteiger partial charge in [-0.25, -0.2) is 13.8 Å². The van der Waals surface area contributed by atoms with Crippen LogP contribution in [0.5, 0.6) is 11.6 Å². The maximum atomic E-state index is 13.3. The number of hydrogen-bond acceptors (Lipinski definition) is 4. The van der Waals surface area contributed by atoms with E-state index in [0.29, 0.717) is 36.4 Å². The van der Waals surface area contributed by atoms with Crippen molar-refractivity contribution in [2.45, 2.75) is 12.8 Å². The highest BCUT2D eigenvalue weighted by Gasteiger charge is 2.29. The Morgan fingerprint density at radius 3 is 2.56 bits per heavy atom. The molecule has 0 aliphatic carbocycles. The van der Waals surface area contributed by atoms with E-state index in [0.717, 1.165) is 0 Å². The number of halogens is 2. The quantitative estimate of drug-likeness (QED) is 0.631. The van der Waals surface area contributed by atoms with Crippen molar-refractivity contribution in [3.8, 4) is 11.6 Å². The Kier molecular flexibility index (Phi) is 6.39. The van der Waals surface area contributed by atoms with Crippen LogP contribution in [-0.2, 0) is 4.79 Å². The summed E-state index contributed by atoms with van der Waals surface area (Å²) in [5.74, 6) is -1.02. The van der Waals surface area contributed by atoms with E-state index < -0.39 is 11.6 Å². The molecule has 6 nitrogen and oxygen atoms in total. The summed E-state index contributed by atoms with van der Waals surface area (Å²) in [7, 11) is 0. The molecule has 8 heteroatoms. The highest BCUT2D eigenvalue weighted by Crippen LogP contribution is 2.23. The summed E-state index contributed by atoms with van der Waals surface area (Å²) in [6, 6.07) is 14.3. The van der Waals surface area contributed by atoms with Crippen molar-refractivity contribution >= 4 is 17.5 Å². The number of anilines is 1. The maximum absolute atomic E-state index is 13.3. The lowest BCUT2D eigenvalue weighted by molar-refractivity contribution is -0.121. The number of ether oxygens (including phenoxy) is 1. The Morgan fingerprint density at radius 1 is 1.03 bits per heavy atom. The predicted octanol–water partition coefficient (Wildman–Crippen LogP) is 4.64. The first-order chi connectivity index (χ1) is 15.5. The number of pyridine rings is 1. The van der Waals surface area contributed by atoms with Crippen LogP contribution < -0.4 is 10.1 Å². The summed E-state index contributed by atoms with van der Waals surface area (Å²) in [6.45, 7) is 0.837. The van der Waals surface area contributed by atoms with Gasteiger partial charge in [-0.1, -0.05) is 6.07 Å². The van der Waals surface area contributed by atoms with Gasteiger partial charge in [-0.2, -0.15) is 0 Å². The van der Waals surface area contributed by atoms with Crippen LogP contribution >= 0.6 is 0 Å². The molecule has 0 spiro atoms. The minimum atomic E-state index is -0.411. The number of benzene rings is 2. The van der Waals surface area contributed by atoms with E-state index in [1.165, 1.54) is 48.7 Å². The van der Waals surface area contributed by atoms with E-state index in [1.54, 1.807) is 23.1 Å². The largest absolute Gasteiger partial charge is 0.439 e. The molecule has 2 heterocycles. The summed E-state index contributed by atoms with van der Waals surface area (Å²) < 4.78 is 31.9. The Hall–Kier alpha value is -3.81.